The lowest BCUT2D eigenvalue weighted by molar-refractivity contribution is -0.0567. The Morgan fingerprint density at radius 1 is 1.50 bits per heavy atom. The van der Waals surface area contributed by atoms with Crippen molar-refractivity contribution in [1.29, 1.82) is 0 Å². The van der Waals surface area contributed by atoms with Gasteiger partial charge in [0.05, 0.1) is 21.3 Å². The van der Waals surface area contributed by atoms with Gasteiger partial charge in [-0.2, -0.15) is 11.8 Å². The fraction of sp³-hybridized carbons (Fsp3) is 0.571. The molecule has 1 spiro atoms. The van der Waals surface area contributed by atoms with Gasteiger partial charge in [0.1, 0.15) is 5.82 Å². The summed E-state index contributed by atoms with van der Waals surface area (Å²) in [6.45, 7) is 0.619. The van der Waals surface area contributed by atoms with Crippen LogP contribution < -0.4 is 5.73 Å². The molecule has 2 N–H and O–H groups in total. The van der Waals surface area contributed by atoms with Gasteiger partial charge in [-0.3, -0.25) is 4.21 Å². The molecule has 1 aromatic rings. The van der Waals surface area contributed by atoms with E-state index in [4.69, 9.17) is 10.5 Å². The summed E-state index contributed by atoms with van der Waals surface area (Å²) in [5.41, 5.74) is 5.77. The maximum Gasteiger partial charge on any atom is 0.141 e. The van der Waals surface area contributed by atoms with Gasteiger partial charge in [-0.25, -0.2) is 4.39 Å². The highest BCUT2D eigenvalue weighted by Gasteiger charge is 2.42. The van der Waals surface area contributed by atoms with Gasteiger partial charge in [0.25, 0.3) is 0 Å². The van der Waals surface area contributed by atoms with Crippen LogP contribution in [0.15, 0.2) is 23.1 Å². The molecular formula is C14H18FNO2S2. The van der Waals surface area contributed by atoms with Crippen LogP contribution in [0.3, 0.4) is 0 Å². The minimum atomic E-state index is -1.33. The van der Waals surface area contributed by atoms with Crippen LogP contribution in [0.25, 0.3) is 0 Å². The summed E-state index contributed by atoms with van der Waals surface area (Å²) in [5, 5.41) is -0.0272. The number of thioether (sulfide) groups is 1. The molecule has 2 fully saturated rings. The third-order valence-corrected chi connectivity index (χ3v) is 6.99. The van der Waals surface area contributed by atoms with Crippen molar-refractivity contribution in [2.75, 3.05) is 23.8 Å². The van der Waals surface area contributed by atoms with Crippen molar-refractivity contribution in [3.05, 3.63) is 24.0 Å². The molecule has 1 aromatic carbocycles. The van der Waals surface area contributed by atoms with Gasteiger partial charge in [0.15, 0.2) is 0 Å². The lowest BCUT2D eigenvalue weighted by Crippen LogP contribution is -2.43. The molecule has 0 aromatic heterocycles. The summed E-state index contributed by atoms with van der Waals surface area (Å²) in [7, 11) is -1.33. The number of anilines is 1. The van der Waals surface area contributed by atoms with Crippen molar-refractivity contribution >= 4 is 28.2 Å². The first-order valence-corrected chi connectivity index (χ1v) is 9.14. The molecule has 0 aliphatic carbocycles. The van der Waals surface area contributed by atoms with E-state index in [1.54, 1.807) is 12.1 Å². The lowest BCUT2D eigenvalue weighted by Gasteiger charge is -2.37. The predicted octanol–water partition coefficient (Wildman–Crippen LogP) is 2.57. The van der Waals surface area contributed by atoms with Crippen molar-refractivity contribution in [2.24, 2.45) is 0 Å². The summed E-state index contributed by atoms with van der Waals surface area (Å²) in [4.78, 5) is 0.270. The van der Waals surface area contributed by atoms with Gasteiger partial charge in [0.2, 0.25) is 0 Å². The Balaban J connectivity index is 1.79. The maximum absolute atomic E-state index is 13.9. The quantitative estimate of drug-likeness (QED) is 0.852. The highest BCUT2D eigenvalue weighted by Crippen LogP contribution is 2.40. The number of nitrogen functional groups attached to an aromatic ring is 1. The molecule has 6 heteroatoms. The van der Waals surface area contributed by atoms with E-state index in [0.29, 0.717) is 12.3 Å². The van der Waals surface area contributed by atoms with E-state index >= 15 is 0 Å². The standard InChI is InChI=1S/C14H18FNO2S2/c15-12-7-10(16)1-2-13(12)20(17)11-3-5-18-14(8-11)4-6-19-9-14/h1-2,7,11H,3-6,8-9,16H2. The minimum absolute atomic E-state index is 0.0272. The van der Waals surface area contributed by atoms with Crippen molar-refractivity contribution in [2.45, 2.75) is 35.0 Å². The minimum Gasteiger partial charge on any atom is -0.399 e. The summed E-state index contributed by atoms with van der Waals surface area (Å²) in [6.07, 6.45) is 2.49. The molecule has 3 unspecified atom stereocenters. The largest absolute Gasteiger partial charge is 0.399 e. The molecule has 3 nitrogen and oxygen atoms in total. The van der Waals surface area contributed by atoms with Gasteiger partial charge in [-0.15, -0.1) is 0 Å². The number of benzene rings is 1. The number of ether oxygens (including phenoxy) is 1. The lowest BCUT2D eigenvalue weighted by atomic mass is 9.93. The number of hydrogen-bond donors (Lipinski definition) is 1. The molecule has 2 aliphatic heterocycles. The average Bonchev–Trinajstić information content (AvgIpc) is 2.86. The fourth-order valence-corrected chi connectivity index (χ4v) is 5.84. The van der Waals surface area contributed by atoms with Gasteiger partial charge in [0, 0.05) is 23.3 Å². The van der Waals surface area contributed by atoms with Crippen molar-refractivity contribution in [1.82, 2.24) is 0 Å². The first-order valence-electron chi connectivity index (χ1n) is 6.77. The van der Waals surface area contributed by atoms with E-state index in [9.17, 15) is 8.60 Å². The van der Waals surface area contributed by atoms with E-state index in [0.717, 1.165) is 30.8 Å². The first kappa shape index (κ1) is 14.4. The smallest absolute Gasteiger partial charge is 0.141 e. The highest BCUT2D eigenvalue weighted by atomic mass is 32.2. The Hall–Kier alpha value is -0.590. The summed E-state index contributed by atoms with van der Waals surface area (Å²) >= 11 is 1.88. The van der Waals surface area contributed by atoms with E-state index in [1.807, 2.05) is 11.8 Å². The summed E-state index contributed by atoms with van der Waals surface area (Å²) in [6, 6.07) is 4.40. The normalized spacial score (nSPS) is 31.6. The molecule has 110 valence electrons. The Morgan fingerprint density at radius 2 is 2.35 bits per heavy atom. The number of halogens is 1. The van der Waals surface area contributed by atoms with Gasteiger partial charge >= 0.3 is 0 Å². The molecule has 2 heterocycles. The molecule has 0 amide bonds. The second-order valence-corrected chi connectivity index (χ2v) is 8.24. The van der Waals surface area contributed by atoms with Crippen molar-refractivity contribution in [3.8, 4) is 0 Å². The van der Waals surface area contributed by atoms with Crippen LogP contribution in [0, 0.1) is 5.82 Å². The molecule has 2 aliphatic rings. The van der Waals surface area contributed by atoms with E-state index in [1.165, 1.54) is 6.07 Å². The predicted molar refractivity (Wildman–Crippen MR) is 80.9 cm³/mol. The molecule has 3 rings (SSSR count). The van der Waals surface area contributed by atoms with E-state index in [2.05, 4.69) is 0 Å². The van der Waals surface area contributed by atoms with Crippen LogP contribution in [0.2, 0.25) is 0 Å². The Kier molecular flexibility index (Phi) is 4.06. The number of rotatable bonds is 2. The molecular weight excluding hydrogens is 297 g/mol. The van der Waals surface area contributed by atoms with Gasteiger partial charge < -0.3 is 10.5 Å². The third kappa shape index (κ3) is 2.73. The van der Waals surface area contributed by atoms with Crippen LogP contribution in [-0.2, 0) is 15.5 Å². The number of hydrogen-bond acceptors (Lipinski definition) is 4. The van der Waals surface area contributed by atoms with Crippen molar-refractivity contribution < 1.29 is 13.3 Å². The van der Waals surface area contributed by atoms with Crippen LogP contribution >= 0.6 is 11.8 Å². The highest BCUT2D eigenvalue weighted by molar-refractivity contribution is 7.99. The summed E-state index contributed by atoms with van der Waals surface area (Å²) in [5.74, 6) is 1.59. The third-order valence-electron chi connectivity index (χ3n) is 3.99. The van der Waals surface area contributed by atoms with Gasteiger partial charge in [-0.05, 0) is 43.2 Å². The Bertz CT molecular complexity index is 532. The van der Waals surface area contributed by atoms with Gasteiger partial charge in [-0.1, -0.05) is 0 Å². The van der Waals surface area contributed by atoms with E-state index < -0.39 is 16.6 Å². The molecule has 0 bridgehead atoms. The summed E-state index contributed by atoms with van der Waals surface area (Å²) < 4.78 is 32.5. The second kappa shape index (κ2) is 5.66. The molecule has 0 radical (unpaired) electrons. The Morgan fingerprint density at radius 3 is 3.05 bits per heavy atom. The van der Waals surface area contributed by atoms with Crippen LogP contribution in [0.5, 0.6) is 0 Å². The maximum atomic E-state index is 13.9. The molecule has 3 atom stereocenters. The van der Waals surface area contributed by atoms with Crippen LogP contribution in [0.1, 0.15) is 19.3 Å². The second-order valence-electron chi connectivity index (χ2n) is 5.44. The SMILES string of the molecule is Nc1ccc(S(=O)C2CCOC3(CCSC3)C2)c(F)c1. The van der Waals surface area contributed by atoms with Crippen LogP contribution in [0.4, 0.5) is 10.1 Å². The molecule has 0 saturated carbocycles. The first-order chi connectivity index (χ1) is 9.60. The zero-order chi connectivity index (χ0) is 14.2. The molecule has 20 heavy (non-hydrogen) atoms. The van der Waals surface area contributed by atoms with E-state index in [-0.39, 0.29) is 15.7 Å². The Labute approximate surface area is 124 Å². The fourth-order valence-electron chi connectivity index (χ4n) is 2.89. The monoisotopic (exact) mass is 315 g/mol. The molecule has 2 saturated heterocycles. The van der Waals surface area contributed by atoms with Crippen molar-refractivity contribution in [3.63, 3.8) is 0 Å². The zero-order valence-corrected chi connectivity index (χ0v) is 12.8. The zero-order valence-electron chi connectivity index (χ0n) is 11.1. The van der Waals surface area contributed by atoms with Crippen LogP contribution in [-0.4, -0.2) is 33.2 Å². The topological polar surface area (TPSA) is 52.3 Å². The number of nitrogens with two attached hydrogens (primary N) is 1. The average molecular weight is 315 g/mol.